The van der Waals surface area contributed by atoms with Crippen LogP contribution in [-0.2, 0) is 19.1 Å². The SMILES string of the molecule is Cc1ccc(S(=O)(=O)OC=O)cc1. The van der Waals surface area contributed by atoms with Crippen molar-refractivity contribution < 1.29 is 17.4 Å². The van der Waals surface area contributed by atoms with E-state index in [4.69, 9.17) is 0 Å². The molecule has 0 N–H and O–H groups in total. The zero-order chi connectivity index (χ0) is 9.90. The summed E-state index contributed by atoms with van der Waals surface area (Å²) in [6.07, 6.45) is 0. The third kappa shape index (κ3) is 2.29. The number of carbonyl (C=O) groups excluding carboxylic acids is 1. The van der Waals surface area contributed by atoms with Crippen LogP contribution >= 0.6 is 0 Å². The Bertz CT molecular complexity index is 391. The zero-order valence-electron chi connectivity index (χ0n) is 6.93. The zero-order valence-corrected chi connectivity index (χ0v) is 7.74. The first-order valence-electron chi connectivity index (χ1n) is 3.50. The molecule has 0 spiro atoms. The van der Waals surface area contributed by atoms with E-state index in [1.807, 2.05) is 6.92 Å². The second-order valence-corrected chi connectivity index (χ2v) is 4.03. The molecule has 70 valence electrons. The molecule has 0 aliphatic carbocycles. The predicted molar refractivity (Wildman–Crippen MR) is 45.5 cm³/mol. The lowest BCUT2D eigenvalue weighted by Crippen LogP contribution is -2.04. The van der Waals surface area contributed by atoms with Crippen molar-refractivity contribution in [2.45, 2.75) is 11.8 Å². The standard InChI is InChI=1S/C8H8O4S/c1-7-2-4-8(5-3-7)13(10,11)12-6-9/h2-6H,1H3. The molecule has 0 fully saturated rings. The van der Waals surface area contributed by atoms with Crippen LogP contribution < -0.4 is 0 Å². The van der Waals surface area contributed by atoms with Gasteiger partial charge in [-0.1, -0.05) is 17.7 Å². The van der Waals surface area contributed by atoms with Gasteiger partial charge in [0.2, 0.25) is 0 Å². The van der Waals surface area contributed by atoms with Gasteiger partial charge in [0.1, 0.15) is 4.90 Å². The van der Waals surface area contributed by atoms with Crippen LogP contribution in [0.3, 0.4) is 0 Å². The molecule has 1 aromatic carbocycles. The molecule has 0 saturated carbocycles. The Balaban J connectivity index is 3.08. The summed E-state index contributed by atoms with van der Waals surface area (Å²) in [6, 6.07) is 6.02. The Morgan fingerprint density at radius 3 is 2.23 bits per heavy atom. The predicted octanol–water partition coefficient (Wildman–Crippen LogP) is 0.857. The first kappa shape index (κ1) is 9.73. The fourth-order valence-corrected chi connectivity index (χ4v) is 1.50. The van der Waals surface area contributed by atoms with Gasteiger partial charge in [0.05, 0.1) is 0 Å². The first-order valence-corrected chi connectivity index (χ1v) is 4.91. The van der Waals surface area contributed by atoms with Gasteiger partial charge in [0, 0.05) is 0 Å². The number of aryl methyl sites for hydroxylation is 1. The van der Waals surface area contributed by atoms with Gasteiger partial charge in [-0.25, -0.2) is 0 Å². The van der Waals surface area contributed by atoms with Gasteiger partial charge in [0.25, 0.3) is 0 Å². The van der Waals surface area contributed by atoms with E-state index in [0.29, 0.717) is 0 Å². The summed E-state index contributed by atoms with van der Waals surface area (Å²) < 4.78 is 26.1. The lowest BCUT2D eigenvalue weighted by molar-refractivity contribution is -0.120. The minimum absolute atomic E-state index is 0.0230. The van der Waals surface area contributed by atoms with Crippen LogP contribution in [0.15, 0.2) is 29.2 Å². The molecule has 1 aromatic rings. The molecule has 0 aromatic heterocycles. The van der Waals surface area contributed by atoms with Crippen molar-refractivity contribution in [2.24, 2.45) is 0 Å². The third-order valence-electron chi connectivity index (χ3n) is 1.48. The largest absolute Gasteiger partial charge is 0.345 e. The van der Waals surface area contributed by atoms with Gasteiger partial charge in [-0.05, 0) is 19.1 Å². The highest BCUT2D eigenvalue weighted by Crippen LogP contribution is 2.11. The normalized spacial score (nSPS) is 10.8. The van der Waals surface area contributed by atoms with Gasteiger partial charge in [-0.2, -0.15) is 8.42 Å². The molecular weight excluding hydrogens is 192 g/mol. The third-order valence-corrected chi connectivity index (χ3v) is 2.66. The van der Waals surface area contributed by atoms with E-state index >= 15 is 0 Å². The van der Waals surface area contributed by atoms with Crippen molar-refractivity contribution in [3.05, 3.63) is 29.8 Å². The summed E-state index contributed by atoms with van der Waals surface area (Å²) in [5.74, 6) is 0. The number of rotatable bonds is 3. The Kier molecular flexibility index (Phi) is 2.67. The van der Waals surface area contributed by atoms with Crippen LogP contribution in [0.2, 0.25) is 0 Å². The van der Waals surface area contributed by atoms with E-state index in [1.54, 1.807) is 12.1 Å². The molecule has 13 heavy (non-hydrogen) atoms. The Hall–Kier alpha value is -1.36. The van der Waals surface area contributed by atoms with E-state index in [2.05, 4.69) is 4.18 Å². The maximum absolute atomic E-state index is 11.1. The van der Waals surface area contributed by atoms with Crippen molar-refractivity contribution in [1.29, 1.82) is 0 Å². The van der Waals surface area contributed by atoms with Gasteiger partial charge < -0.3 is 4.18 Å². The molecule has 0 aliphatic heterocycles. The topological polar surface area (TPSA) is 60.4 Å². The highest BCUT2D eigenvalue weighted by molar-refractivity contribution is 7.87. The summed E-state index contributed by atoms with van der Waals surface area (Å²) in [5, 5.41) is 0. The van der Waals surface area contributed by atoms with Crippen molar-refractivity contribution in [1.82, 2.24) is 0 Å². The van der Waals surface area contributed by atoms with Crippen LogP contribution in [-0.4, -0.2) is 14.9 Å². The molecule has 0 bridgehead atoms. The highest BCUT2D eigenvalue weighted by atomic mass is 32.2. The van der Waals surface area contributed by atoms with Gasteiger partial charge in [-0.15, -0.1) is 0 Å². The van der Waals surface area contributed by atoms with E-state index in [1.165, 1.54) is 12.1 Å². The molecule has 0 heterocycles. The second-order valence-electron chi connectivity index (χ2n) is 2.46. The Labute approximate surface area is 76.3 Å². The average molecular weight is 200 g/mol. The monoisotopic (exact) mass is 200 g/mol. The van der Waals surface area contributed by atoms with Gasteiger partial charge in [-0.3, -0.25) is 4.79 Å². The summed E-state index contributed by atoms with van der Waals surface area (Å²) in [4.78, 5) is 9.84. The Morgan fingerprint density at radius 1 is 1.23 bits per heavy atom. The smallest absolute Gasteiger partial charge is 0.341 e. The highest BCUT2D eigenvalue weighted by Gasteiger charge is 2.13. The maximum Gasteiger partial charge on any atom is 0.341 e. The molecule has 0 unspecified atom stereocenters. The van der Waals surface area contributed by atoms with E-state index in [-0.39, 0.29) is 11.4 Å². The van der Waals surface area contributed by atoms with E-state index in [0.717, 1.165) is 5.56 Å². The molecule has 0 saturated heterocycles. The maximum atomic E-state index is 11.1. The molecule has 4 nitrogen and oxygen atoms in total. The van der Waals surface area contributed by atoms with Crippen molar-refractivity contribution in [3.8, 4) is 0 Å². The number of carbonyl (C=O) groups is 1. The summed E-state index contributed by atoms with van der Waals surface area (Å²) >= 11 is 0. The summed E-state index contributed by atoms with van der Waals surface area (Å²) in [5.41, 5.74) is 0.935. The number of hydrogen-bond donors (Lipinski definition) is 0. The molecule has 0 amide bonds. The quantitative estimate of drug-likeness (QED) is 0.536. The summed E-state index contributed by atoms with van der Waals surface area (Å²) in [6.45, 7) is 1.73. The minimum atomic E-state index is -3.90. The van der Waals surface area contributed by atoms with Crippen LogP contribution in [0.4, 0.5) is 0 Å². The van der Waals surface area contributed by atoms with E-state index < -0.39 is 10.1 Å². The van der Waals surface area contributed by atoms with Crippen molar-refractivity contribution in [2.75, 3.05) is 0 Å². The Morgan fingerprint density at radius 2 is 1.77 bits per heavy atom. The van der Waals surface area contributed by atoms with Crippen LogP contribution in [0, 0.1) is 6.92 Å². The number of benzene rings is 1. The molecule has 0 aliphatic rings. The van der Waals surface area contributed by atoms with E-state index in [9.17, 15) is 13.2 Å². The lowest BCUT2D eigenvalue weighted by atomic mass is 10.2. The molecular formula is C8H8O4S. The first-order chi connectivity index (χ1) is 6.06. The van der Waals surface area contributed by atoms with Crippen molar-refractivity contribution in [3.63, 3.8) is 0 Å². The fourth-order valence-electron chi connectivity index (χ4n) is 0.812. The fraction of sp³-hybridized carbons (Fsp3) is 0.125. The minimum Gasteiger partial charge on any atom is -0.345 e. The van der Waals surface area contributed by atoms with Gasteiger partial charge in [0.15, 0.2) is 0 Å². The van der Waals surface area contributed by atoms with Crippen LogP contribution in [0.25, 0.3) is 0 Å². The molecule has 5 heteroatoms. The van der Waals surface area contributed by atoms with Crippen molar-refractivity contribution >= 4 is 16.6 Å². The van der Waals surface area contributed by atoms with Gasteiger partial charge >= 0.3 is 16.6 Å². The average Bonchev–Trinajstić information content (AvgIpc) is 2.05. The number of hydrogen-bond acceptors (Lipinski definition) is 4. The summed E-state index contributed by atoms with van der Waals surface area (Å²) in [7, 11) is -3.90. The molecule has 0 radical (unpaired) electrons. The lowest BCUT2D eigenvalue weighted by Gasteiger charge is -2.00. The second kappa shape index (κ2) is 3.57. The molecule has 1 rings (SSSR count). The molecule has 0 atom stereocenters. The van der Waals surface area contributed by atoms with Crippen LogP contribution in [0.5, 0.6) is 0 Å². The van der Waals surface area contributed by atoms with Crippen LogP contribution in [0.1, 0.15) is 5.56 Å².